The Labute approximate surface area is 81.4 Å². The van der Waals surface area contributed by atoms with Gasteiger partial charge in [-0.05, 0) is 40.7 Å². The molecule has 0 aromatic rings. The molecule has 3 heteroatoms. The third-order valence-electron chi connectivity index (χ3n) is 2.03. The zero-order chi connectivity index (χ0) is 10.5. The highest BCUT2D eigenvalue weighted by atomic mass is 16.3. The van der Waals surface area contributed by atoms with Gasteiger partial charge in [0.15, 0.2) is 0 Å². The molecule has 0 rings (SSSR count). The summed E-state index contributed by atoms with van der Waals surface area (Å²) in [4.78, 5) is 2.13. The van der Waals surface area contributed by atoms with Crippen LogP contribution in [-0.2, 0) is 0 Å². The lowest BCUT2D eigenvalue weighted by Gasteiger charge is -2.22. The SMILES string of the molecule is C[C@@H](O)CCN(C)CCC(C)(C)O. The molecule has 0 spiro atoms. The summed E-state index contributed by atoms with van der Waals surface area (Å²) in [5.74, 6) is 0. The van der Waals surface area contributed by atoms with Crippen LogP contribution in [0.3, 0.4) is 0 Å². The van der Waals surface area contributed by atoms with Crippen molar-refractivity contribution in [1.82, 2.24) is 4.90 Å². The number of hydrogen-bond acceptors (Lipinski definition) is 3. The van der Waals surface area contributed by atoms with Gasteiger partial charge in [-0.25, -0.2) is 0 Å². The van der Waals surface area contributed by atoms with Crippen molar-refractivity contribution < 1.29 is 10.2 Å². The molecule has 1 atom stereocenters. The van der Waals surface area contributed by atoms with Crippen LogP contribution in [0.1, 0.15) is 33.6 Å². The van der Waals surface area contributed by atoms with E-state index < -0.39 is 5.60 Å². The number of aliphatic hydroxyl groups excluding tert-OH is 1. The van der Waals surface area contributed by atoms with E-state index in [0.717, 1.165) is 25.9 Å². The van der Waals surface area contributed by atoms with Gasteiger partial charge in [-0.1, -0.05) is 0 Å². The Morgan fingerprint density at radius 1 is 1.31 bits per heavy atom. The molecule has 0 saturated carbocycles. The largest absolute Gasteiger partial charge is 0.393 e. The van der Waals surface area contributed by atoms with Gasteiger partial charge in [0.2, 0.25) is 0 Å². The topological polar surface area (TPSA) is 43.7 Å². The highest BCUT2D eigenvalue weighted by Crippen LogP contribution is 2.07. The summed E-state index contributed by atoms with van der Waals surface area (Å²) in [5, 5.41) is 18.5. The molecule has 80 valence electrons. The first kappa shape index (κ1) is 12.9. The van der Waals surface area contributed by atoms with Crippen LogP contribution in [0.4, 0.5) is 0 Å². The Balaban J connectivity index is 3.46. The van der Waals surface area contributed by atoms with Crippen molar-refractivity contribution in [2.75, 3.05) is 20.1 Å². The summed E-state index contributed by atoms with van der Waals surface area (Å²) in [5.41, 5.74) is -0.584. The van der Waals surface area contributed by atoms with Crippen LogP contribution in [0, 0.1) is 0 Å². The van der Waals surface area contributed by atoms with Crippen molar-refractivity contribution in [3.63, 3.8) is 0 Å². The molecular formula is C10H23NO2. The van der Waals surface area contributed by atoms with Gasteiger partial charge in [0, 0.05) is 13.1 Å². The van der Waals surface area contributed by atoms with E-state index in [1.54, 1.807) is 6.92 Å². The van der Waals surface area contributed by atoms with E-state index in [9.17, 15) is 5.11 Å². The van der Waals surface area contributed by atoms with Crippen LogP contribution in [0.2, 0.25) is 0 Å². The number of rotatable bonds is 6. The summed E-state index contributed by atoms with van der Waals surface area (Å²) in [6.45, 7) is 7.18. The lowest BCUT2D eigenvalue weighted by atomic mass is 10.1. The molecule has 0 aromatic heterocycles. The van der Waals surface area contributed by atoms with E-state index >= 15 is 0 Å². The highest BCUT2D eigenvalue weighted by Gasteiger charge is 2.13. The second-order valence-electron chi connectivity index (χ2n) is 4.50. The van der Waals surface area contributed by atoms with E-state index in [-0.39, 0.29) is 6.10 Å². The average Bonchev–Trinajstić information content (AvgIpc) is 1.95. The van der Waals surface area contributed by atoms with Crippen molar-refractivity contribution >= 4 is 0 Å². The molecule has 0 saturated heterocycles. The van der Waals surface area contributed by atoms with Crippen LogP contribution in [0.5, 0.6) is 0 Å². The van der Waals surface area contributed by atoms with Gasteiger partial charge < -0.3 is 15.1 Å². The molecule has 0 amide bonds. The van der Waals surface area contributed by atoms with E-state index in [1.807, 2.05) is 20.9 Å². The molecule has 0 radical (unpaired) electrons. The Hall–Kier alpha value is -0.120. The van der Waals surface area contributed by atoms with Crippen molar-refractivity contribution in [2.45, 2.75) is 45.3 Å². The van der Waals surface area contributed by atoms with Gasteiger partial charge in [-0.2, -0.15) is 0 Å². The maximum atomic E-state index is 9.47. The smallest absolute Gasteiger partial charge is 0.0603 e. The summed E-state index contributed by atoms with van der Waals surface area (Å²) in [6.07, 6.45) is 1.33. The third-order valence-corrected chi connectivity index (χ3v) is 2.03. The van der Waals surface area contributed by atoms with Crippen molar-refractivity contribution in [3.8, 4) is 0 Å². The maximum Gasteiger partial charge on any atom is 0.0603 e. The quantitative estimate of drug-likeness (QED) is 0.651. The summed E-state index contributed by atoms with van der Waals surface area (Å²) >= 11 is 0. The van der Waals surface area contributed by atoms with Gasteiger partial charge in [-0.15, -0.1) is 0 Å². The Morgan fingerprint density at radius 3 is 2.23 bits per heavy atom. The highest BCUT2D eigenvalue weighted by molar-refractivity contribution is 4.67. The summed E-state index contributed by atoms with van der Waals surface area (Å²) in [7, 11) is 2.01. The zero-order valence-electron chi connectivity index (χ0n) is 9.25. The van der Waals surface area contributed by atoms with Gasteiger partial charge in [0.25, 0.3) is 0 Å². The molecule has 0 heterocycles. The molecule has 0 unspecified atom stereocenters. The first-order valence-corrected chi connectivity index (χ1v) is 4.90. The van der Waals surface area contributed by atoms with E-state index in [1.165, 1.54) is 0 Å². The number of hydrogen-bond donors (Lipinski definition) is 2. The predicted molar refractivity (Wildman–Crippen MR) is 54.7 cm³/mol. The fourth-order valence-electron chi connectivity index (χ4n) is 0.983. The monoisotopic (exact) mass is 189 g/mol. The van der Waals surface area contributed by atoms with Crippen LogP contribution < -0.4 is 0 Å². The minimum Gasteiger partial charge on any atom is -0.393 e. The zero-order valence-corrected chi connectivity index (χ0v) is 9.25. The third kappa shape index (κ3) is 9.80. The van der Waals surface area contributed by atoms with Gasteiger partial charge in [0.05, 0.1) is 11.7 Å². The second-order valence-corrected chi connectivity index (χ2v) is 4.50. The van der Waals surface area contributed by atoms with E-state index in [4.69, 9.17) is 5.11 Å². The van der Waals surface area contributed by atoms with Gasteiger partial charge in [-0.3, -0.25) is 0 Å². The molecule has 3 nitrogen and oxygen atoms in total. The van der Waals surface area contributed by atoms with Crippen LogP contribution in [-0.4, -0.2) is 47.0 Å². The Morgan fingerprint density at radius 2 is 1.85 bits per heavy atom. The second kappa shape index (κ2) is 5.58. The fourth-order valence-corrected chi connectivity index (χ4v) is 0.983. The normalized spacial score (nSPS) is 15.0. The lowest BCUT2D eigenvalue weighted by Crippen LogP contribution is -2.30. The minimum absolute atomic E-state index is 0.232. The van der Waals surface area contributed by atoms with Crippen LogP contribution in [0.25, 0.3) is 0 Å². The molecule has 13 heavy (non-hydrogen) atoms. The Bertz CT molecular complexity index is 129. The van der Waals surface area contributed by atoms with Gasteiger partial charge >= 0.3 is 0 Å². The molecule has 0 bridgehead atoms. The number of aliphatic hydroxyl groups is 2. The van der Waals surface area contributed by atoms with Gasteiger partial charge in [0.1, 0.15) is 0 Å². The lowest BCUT2D eigenvalue weighted by molar-refractivity contribution is 0.0590. The first-order valence-electron chi connectivity index (χ1n) is 4.90. The molecule has 0 aliphatic heterocycles. The Kier molecular flexibility index (Phi) is 5.53. The summed E-state index contributed by atoms with van der Waals surface area (Å²) in [6, 6.07) is 0. The van der Waals surface area contributed by atoms with Crippen molar-refractivity contribution in [1.29, 1.82) is 0 Å². The molecule has 0 aliphatic carbocycles. The molecule has 0 aliphatic rings. The standard InChI is InChI=1S/C10H23NO2/c1-9(12)5-7-11(4)8-6-10(2,3)13/h9,12-13H,5-8H2,1-4H3/t9-/m1/s1. The predicted octanol–water partition coefficient (Wildman–Crippen LogP) is 0.850. The average molecular weight is 189 g/mol. The molecular weight excluding hydrogens is 166 g/mol. The fraction of sp³-hybridized carbons (Fsp3) is 1.00. The molecule has 0 aromatic carbocycles. The van der Waals surface area contributed by atoms with E-state index in [2.05, 4.69) is 4.90 Å². The molecule has 2 N–H and O–H groups in total. The van der Waals surface area contributed by atoms with Crippen molar-refractivity contribution in [2.24, 2.45) is 0 Å². The molecule has 0 fully saturated rings. The minimum atomic E-state index is -0.584. The first-order chi connectivity index (χ1) is 5.81. The van der Waals surface area contributed by atoms with Crippen molar-refractivity contribution in [3.05, 3.63) is 0 Å². The number of nitrogens with zero attached hydrogens (tertiary/aromatic N) is 1. The summed E-state index contributed by atoms with van der Waals surface area (Å²) < 4.78 is 0. The van der Waals surface area contributed by atoms with Crippen LogP contribution >= 0.6 is 0 Å². The van der Waals surface area contributed by atoms with Crippen LogP contribution in [0.15, 0.2) is 0 Å². The maximum absolute atomic E-state index is 9.47. The van der Waals surface area contributed by atoms with E-state index in [0.29, 0.717) is 0 Å².